The van der Waals surface area contributed by atoms with Crippen LogP contribution in [0.15, 0.2) is 12.4 Å². The maximum Gasteiger partial charge on any atom is 0.104 e. The van der Waals surface area contributed by atoms with E-state index in [1.54, 1.807) is 0 Å². The van der Waals surface area contributed by atoms with Crippen LogP contribution in [0.1, 0.15) is 31.0 Å². The number of likely N-dealkylation sites (tertiary alicyclic amines) is 1. The van der Waals surface area contributed by atoms with E-state index in [1.807, 2.05) is 6.20 Å². The molecule has 1 aliphatic rings. The summed E-state index contributed by atoms with van der Waals surface area (Å²) in [6.45, 7) is 1.94. The van der Waals surface area contributed by atoms with Gasteiger partial charge in [-0.05, 0) is 51.4 Å². The van der Waals surface area contributed by atoms with Crippen LogP contribution in [-0.4, -0.2) is 34.8 Å². The second-order valence-corrected chi connectivity index (χ2v) is 4.32. The number of rotatable bonds is 4. The molecule has 2 N–H and O–H groups in total. The molecule has 15 heavy (non-hydrogen) atoms. The standard InChI is InChI=1S/C11H20N4/c1-14-7-3-5-11(14)15-9-10(8-13-15)4-2-6-12/h8-9,11H,2-7,12H2,1H3. The van der Waals surface area contributed by atoms with Gasteiger partial charge in [0.15, 0.2) is 0 Å². The molecule has 1 fully saturated rings. The average molecular weight is 208 g/mol. The molecule has 1 aromatic heterocycles. The predicted molar refractivity (Wildman–Crippen MR) is 60.5 cm³/mol. The zero-order valence-electron chi connectivity index (χ0n) is 9.39. The molecule has 0 aromatic carbocycles. The molecule has 4 heteroatoms. The second-order valence-electron chi connectivity index (χ2n) is 4.32. The molecule has 1 aromatic rings. The lowest BCUT2D eigenvalue weighted by Gasteiger charge is -2.19. The summed E-state index contributed by atoms with van der Waals surface area (Å²) in [5.41, 5.74) is 6.80. The molecule has 1 saturated heterocycles. The highest BCUT2D eigenvalue weighted by atomic mass is 15.4. The Morgan fingerprint density at radius 2 is 2.47 bits per heavy atom. The first kappa shape index (κ1) is 10.6. The van der Waals surface area contributed by atoms with Crippen LogP contribution in [0, 0.1) is 0 Å². The van der Waals surface area contributed by atoms with E-state index in [4.69, 9.17) is 5.73 Å². The van der Waals surface area contributed by atoms with Crippen LogP contribution in [0.5, 0.6) is 0 Å². The number of aromatic nitrogens is 2. The Bertz CT molecular complexity index is 307. The van der Waals surface area contributed by atoms with Crippen molar-refractivity contribution in [2.45, 2.75) is 31.8 Å². The van der Waals surface area contributed by atoms with Crippen LogP contribution in [0.3, 0.4) is 0 Å². The number of nitrogens with two attached hydrogens (primary N) is 1. The lowest BCUT2D eigenvalue weighted by atomic mass is 10.2. The molecule has 1 aliphatic heterocycles. The Labute approximate surface area is 91.1 Å². The predicted octanol–water partition coefficient (Wildman–Crippen LogP) is 0.999. The third-order valence-corrected chi connectivity index (χ3v) is 3.11. The van der Waals surface area contributed by atoms with E-state index >= 15 is 0 Å². The Hall–Kier alpha value is -0.870. The number of nitrogens with zero attached hydrogens (tertiary/aromatic N) is 3. The molecule has 2 rings (SSSR count). The van der Waals surface area contributed by atoms with Gasteiger partial charge in [0.1, 0.15) is 6.17 Å². The topological polar surface area (TPSA) is 47.1 Å². The van der Waals surface area contributed by atoms with Crippen molar-refractivity contribution in [2.75, 3.05) is 20.1 Å². The fraction of sp³-hybridized carbons (Fsp3) is 0.727. The Balaban J connectivity index is 1.99. The lowest BCUT2D eigenvalue weighted by Crippen LogP contribution is -2.23. The van der Waals surface area contributed by atoms with E-state index in [2.05, 4.69) is 27.9 Å². The summed E-state index contributed by atoms with van der Waals surface area (Å²) in [5.74, 6) is 0. The van der Waals surface area contributed by atoms with E-state index < -0.39 is 0 Å². The zero-order valence-corrected chi connectivity index (χ0v) is 9.39. The van der Waals surface area contributed by atoms with Crippen molar-refractivity contribution in [1.82, 2.24) is 14.7 Å². The Morgan fingerprint density at radius 3 is 3.13 bits per heavy atom. The molecule has 0 saturated carbocycles. The summed E-state index contributed by atoms with van der Waals surface area (Å²) in [7, 11) is 2.17. The average Bonchev–Trinajstić information content (AvgIpc) is 2.83. The van der Waals surface area contributed by atoms with E-state index in [0.29, 0.717) is 6.17 Å². The van der Waals surface area contributed by atoms with Gasteiger partial charge in [0.25, 0.3) is 0 Å². The van der Waals surface area contributed by atoms with E-state index in [1.165, 1.54) is 24.9 Å². The van der Waals surface area contributed by atoms with Gasteiger partial charge in [-0.2, -0.15) is 5.10 Å². The van der Waals surface area contributed by atoms with Crippen LogP contribution in [0.2, 0.25) is 0 Å². The highest BCUT2D eigenvalue weighted by Gasteiger charge is 2.22. The summed E-state index contributed by atoms with van der Waals surface area (Å²) in [5, 5.41) is 4.44. The molecule has 1 unspecified atom stereocenters. The smallest absolute Gasteiger partial charge is 0.104 e. The normalized spacial score (nSPS) is 22.4. The van der Waals surface area contributed by atoms with Gasteiger partial charge in [-0.15, -0.1) is 0 Å². The van der Waals surface area contributed by atoms with Crippen molar-refractivity contribution in [3.05, 3.63) is 18.0 Å². The van der Waals surface area contributed by atoms with Gasteiger partial charge < -0.3 is 5.73 Å². The highest BCUT2D eigenvalue weighted by Crippen LogP contribution is 2.24. The first-order valence-corrected chi connectivity index (χ1v) is 5.74. The van der Waals surface area contributed by atoms with Crippen LogP contribution in [0.25, 0.3) is 0 Å². The molecule has 0 amide bonds. The molecular formula is C11H20N4. The lowest BCUT2D eigenvalue weighted by molar-refractivity contribution is 0.220. The largest absolute Gasteiger partial charge is 0.330 e. The first-order chi connectivity index (χ1) is 7.31. The van der Waals surface area contributed by atoms with Gasteiger partial charge in [-0.1, -0.05) is 0 Å². The molecular weight excluding hydrogens is 188 g/mol. The summed E-state index contributed by atoms with van der Waals surface area (Å²) in [6, 6.07) is 0. The van der Waals surface area contributed by atoms with E-state index in [9.17, 15) is 0 Å². The van der Waals surface area contributed by atoms with Crippen molar-refractivity contribution in [2.24, 2.45) is 5.73 Å². The molecule has 1 atom stereocenters. The first-order valence-electron chi connectivity index (χ1n) is 5.74. The number of hydrogen-bond acceptors (Lipinski definition) is 3. The fourth-order valence-electron chi connectivity index (χ4n) is 2.20. The van der Waals surface area contributed by atoms with Gasteiger partial charge in [0.05, 0.1) is 6.20 Å². The third kappa shape index (κ3) is 2.38. The molecule has 0 spiro atoms. The maximum absolute atomic E-state index is 5.49. The van der Waals surface area contributed by atoms with Crippen LogP contribution >= 0.6 is 0 Å². The minimum Gasteiger partial charge on any atom is -0.330 e. The minimum absolute atomic E-state index is 0.469. The van der Waals surface area contributed by atoms with Crippen molar-refractivity contribution in [3.8, 4) is 0 Å². The van der Waals surface area contributed by atoms with Crippen LogP contribution in [-0.2, 0) is 6.42 Å². The highest BCUT2D eigenvalue weighted by molar-refractivity contribution is 5.04. The number of hydrogen-bond donors (Lipinski definition) is 1. The summed E-state index contributed by atoms with van der Waals surface area (Å²) in [6.07, 6.45) is 9.20. The second kappa shape index (κ2) is 4.77. The van der Waals surface area contributed by atoms with Gasteiger partial charge in [-0.25, -0.2) is 0 Å². The molecule has 84 valence electrons. The van der Waals surface area contributed by atoms with Gasteiger partial charge >= 0.3 is 0 Å². The summed E-state index contributed by atoms with van der Waals surface area (Å²) in [4.78, 5) is 2.36. The van der Waals surface area contributed by atoms with Crippen LogP contribution in [0.4, 0.5) is 0 Å². The van der Waals surface area contributed by atoms with Gasteiger partial charge in [0, 0.05) is 6.20 Å². The summed E-state index contributed by atoms with van der Waals surface area (Å²) < 4.78 is 2.10. The maximum atomic E-state index is 5.49. The summed E-state index contributed by atoms with van der Waals surface area (Å²) >= 11 is 0. The van der Waals surface area contributed by atoms with Crippen molar-refractivity contribution < 1.29 is 0 Å². The molecule has 0 bridgehead atoms. The molecule has 0 aliphatic carbocycles. The Kier molecular flexibility index (Phi) is 3.38. The Morgan fingerprint density at radius 1 is 1.60 bits per heavy atom. The fourth-order valence-corrected chi connectivity index (χ4v) is 2.20. The third-order valence-electron chi connectivity index (χ3n) is 3.11. The minimum atomic E-state index is 0.469. The zero-order chi connectivity index (χ0) is 10.7. The molecule has 4 nitrogen and oxygen atoms in total. The van der Waals surface area contributed by atoms with Gasteiger partial charge in [-0.3, -0.25) is 9.58 Å². The molecule has 0 radical (unpaired) electrons. The SMILES string of the molecule is CN1CCCC1n1cc(CCCN)cn1. The number of aryl methyl sites for hydroxylation is 1. The molecule has 2 heterocycles. The van der Waals surface area contributed by atoms with E-state index in [0.717, 1.165) is 19.4 Å². The quantitative estimate of drug-likeness (QED) is 0.803. The van der Waals surface area contributed by atoms with Crippen molar-refractivity contribution in [1.29, 1.82) is 0 Å². The van der Waals surface area contributed by atoms with Crippen LogP contribution < -0.4 is 5.73 Å². The monoisotopic (exact) mass is 208 g/mol. The van der Waals surface area contributed by atoms with E-state index in [-0.39, 0.29) is 0 Å². The van der Waals surface area contributed by atoms with Crippen molar-refractivity contribution >= 4 is 0 Å². The van der Waals surface area contributed by atoms with Gasteiger partial charge in [0.2, 0.25) is 0 Å². The van der Waals surface area contributed by atoms with Crippen molar-refractivity contribution in [3.63, 3.8) is 0 Å².